The normalized spacial score (nSPS) is 9.25. The van der Waals surface area contributed by atoms with Gasteiger partial charge in [-0.15, -0.1) is 0 Å². The molecular weight excluding hydrogens is 236 g/mol. The van der Waals surface area contributed by atoms with E-state index in [2.05, 4.69) is 0 Å². The molecule has 0 unspecified atom stereocenters. The summed E-state index contributed by atoms with van der Waals surface area (Å²) in [4.78, 5) is 31.3. The summed E-state index contributed by atoms with van der Waals surface area (Å²) in [5.74, 6) is 0. The lowest BCUT2D eigenvalue weighted by atomic mass is 10.0. The largest absolute Gasteiger partial charge is 0.298 e. The first kappa shape index (κ1) is 11.8. The number of nitrogens with zero attached hydrogens (tertiary/aromatic N) is 2. The van der Waals surface area contributed by atoms with E-state index in [-0.39, 0.29) is 17.4 Å². The molecule has 0 radical (unpaired) electrons. The van der Waals surface area contributed by atoms with Crippen LogP contribution in [0.1, 0.15) is 26.3 Å². The molecule has 0 aliphatic carbocycles. The molecule has 80 valence electrons. The fourth-order valence-corrected chi connectivity index (χ4v) is 1.31. The Morgan fingerprint density at radius 1 is 1.56 bits per heavy atom. The summed E-state index contributed by atoms with van der Waals surface area (Å²) < 4.78 is 0. The molecule has 0 atom stereocenters. The third kappa shape index (κ3) is 2.04. The van der Waals surface area contributed by atoms with Gasteiger partial charge in [-0.05, 0) is 23.7 Å². The highest BCUT2D eigenvalue weighted by atomic mass is 35.5. The fraction of sp³-hybridized carbons (Fsp3) is 0. The molecule has 16 heavy (non-hydrogen) atoms. The maximum Gasteiger partial charge on any atom is 0.292 e. The molecule has 0 amide bonds. The van der Waals surface area contributed by atoms with Crippen LogP contribution in [0.3, 0.4) is 0 Å². The molecule has 0 spiro atoms. The molecule has 1 aromatic rings. The van der Waals surface area contributed by atoms with Gasteiger partial charge in [-0.25, -0.2) is 0 Å². The van der Waals surface area contributed by atoms with Gasteiger partial charge in [0.15, 0.2) is 6.29 Å². The third-order valence-electron chi connectivity index (χ3n) is 1.79. The van der Waals surface area contributed by atoms with Crippen LogP contribution < -0.4 is 0 Å². The van der Waals surface area contributed by atoms with E-state index < -0.39 is 21.4 Å². The molecule has 0 aromatic heterocycles. The Bertz CT molecular complexity index is 533. The Morgan fingerprint density at radius 2 is 2.19 bits per heavy atom. The van der Waals surface area contributed by atoms with Crippen molar-refractivity contribution in [1.29, 1.82) is 5.26 Å². The summed E-state index contributed by atoms with van der Waals surface area (Å²) in [6.45, 7) is 0. The van der Waals surface area contributed by atoms with E-state index in [1.165, 1.54) is 0 Å². The van der Waals surface area contributed by atoms with Crippen molar-refractivity contribution in [3.63, 3.8) is 0 Å². The van der Waals surface area contributed by atoms with Crippen LogP contribution in [0.15, 0.2) is 12.1 Å². The molecule has 6 nitrogen and oxygen atoms in total. The highest BCUT2D eigenvalue weighted by Crippen LogP contribution is 2.25. The van der Waals surface area contributed by atoms with Crippen molar-refractivity contribution in [3.8, 4) is 6.07 Å². The van der Waals surface area contributed by atoms with Gasteiger partial charge >= 0.3 is 0 Å². The van der Waals surface area contributed by atoms with Gasteiger partial charge in [-0.1, -0.05) is 0 Å². The maximum atomic E-state index is 10.9. The number of nitro groups is 1. The third-order valence-corrected chi connectivity index (χ3v) is 1.99. The van der Waals surface area contributed by atoms with E-state index in [1.54, 1.807) is 6.07 Å². The second kappa shape index (κ2) is 4.51. The Labute approximate surface area is 94.2 Å². The molecule has 0 bridgehead atoms. The van der Waals surface area contributed by atoms with Crippen LogP contribution in [0.5, 0.6) is 0 Å². The van der Waals surface area contributed by atoms with Crippen molar-refractivity contribution in [3.05, 3.63) is 38.9 Å². The molecular formula is C9H3ClN2O4. The molecule has 0 heterocycles. The zero-order chi connectivity index (χ0) is 12.3. The van der Waals surface area contributed by atoms with Gasteiger partial charge in [0.25, 0.3) is 10.9 Å². The van der Waals surface area contributed by atoms with Gasteiger partial charge in [0.1, 0.15) is 5.56 Å². The van der Waals surface area contributed by atoms with Gasteiger partial charge < -0.3 is 0 Å². The summed E-state index contributed by atoms with van der Waals surface area (Å²) in [5, 5.41) is 18.2. The molecule has 7 heteroatoms. The van der Waals surface area contributed by atoms with Crippen molar-refractivity contribution in [2.45, 2.75) is 0 Å². The van der Waals surface area contributed by atoms with Crippen LogP contribution in [0, 0.1) is 21.4 Å². The number of carbonyl (C=O) groups excluding carboxylic acids is 2. The predicted octanol–water partition coefficient (Wildman–Crippen LogP) is 1.66. The van der Waals surface area contributed by atoms with E-state index in [1.807, 2.05) is 0 Å². The molecule has 1 rings (SSSR count). The number of nitriles is 1. The van der Waals surface area contributed by atoms with Crippen LogP contribution in [-0.4, -0.2) is 16.5 Å². The van der Waals surface area contributed by atoms with Gasteiger partial charge in [-0.2, -0.15) is 5.26 Å². The number of halogens is 1. The molecule has 0 N–H and O–H groups in total. The summed E-state index contributed by atoms with van der Waals surface area (Å²) in [6.07, 6.45) is 0.197. The fourth-order valence-electron chi connectivity index (χ4n) is 1.16. The Kier molecular flexibility index (Phi) is 3.33. The van der Waals surface area contributed by atoms with E-state index in [0.29, 0.717) is 0 Å². The molecule has 0 saturated heterocycles. The summed E-state index contributed by atoms with van der Waals surface area (Å²) >= 11 is 5.14. The Morgan fingerprint density at radius 3 is 2.56 bits per heavy atom. The number of nitro benzene ring substituents is 1. The van der Waals surface area contributed by atoms with Gasteiger partial charge in [0.2, 0.25) is 0 Å². The van der Waals surface area contributed by atoms with Crippen molar-refractivity contribution in [2.24, 2.45) is 0 Å². The Hall–Kier alpha value is -2.26. The number of carbonyl (C=O) groups is 2. The minimum Gasteiger partial charge on any atom is -0.298 e. The maximum absolute atomic E-state index is 10.9. The number of aldehydes is 1. The van der Waals surface area contributed by atoms with Crippen molar-refractivity contribution in [2.75, 3.05) is 0 Å². The monoisotopic (exact) mass is 238 g/mol. The quantitative estimate of drug-likeness (QED) is 0.345. The summed E-state index contributed by atoms with van der Waals surface area (Å²) in [7, 11) is 0. The summed E-state index contributed by atoms with van der Waals surface area (Å²) in [6, 6.07) is 3.67. The first-order valence-electron chi connectivity index (χ1n) is 3.88. The van der Waals surface area contributed by atoms with Gasteiger partial charge in [0.05, 0.1) is 22.1 Å². The Balaban J connectivity index is 3.68. The molecule has 0 aliphatic heterocycles. The van der Waals surface area contributed by atoms with E-state index in [4.69, 9.17) is 16.9 Å². The predicted molar refractivity (Wildman–Crippen MR) is 53.4 cm³/mol. The lowest BCUT2D eigenvalue weighted by Gasteiger charge is -2.01. The van der Waals surface area contributed by atoms with Crippen molar-refractivity contribution in [1.82, 2.24) is 0 Å². The molecule has 0 fully saturated rings. The lowest BCUT2D eigenvalue weighted by Crippen LogP contribution is -2.03. The topological polar surface area (TPSA) is 101 Å². The SMILES string of the molecule is N#Cc1cc(C=O)c([N+](=O)[O-])c(C(=O)Cl)c1. The second-order valence-electron chi connectivity index (χ2n) is 2.72. The number of benzene rings is 1. The van der Waals surface area contributed by atoms with Crippen molar-refractivity contribution >= 4 is 28.8 Å². The van der Waals surface area contributed by atoms with Crippen molar-refractivity contribution < 1.29 is 14.5 Å². The highest BCUT2D eigenvalue weighted by molar-refractivity contribution is 6.68. The van der Waals surface area contributed by atoms with Crippen LogP contribution in [0.4, 0.5) is 5.69 Å². The minimum absolute atomic E-state index is 0.0447. The zero-order valence-corrected chi connectivity index (χ0v) is 8.39. The van der Waals surface area contributed by atoms with Crippen LogP contribution >= 0.6 is 11.6 Å². The smallest absolute Gasteiger partial charge is 0.292 e. The second-order valence-corrected chi connectivity index (χ2v) is 3.07. The van der Waals surface area contributed by atoms with E-state index in [0.717, 1.165) is 12.1 Å². The highest BCUT2D eigenvalue weighted by Gasteiger charge is 2.24. The number of hydrogen-bond acceptors (Lipinski definition) is 5. The average molecular weight is 239 g/mol. The van der Waals surface area contributed by atoms with Crippen LogP contribution in [0.25, 0.3) is 0 Å². The average Bonchev–Trinajstić information content (AvgIpc) is 2.26. The molecule has 0 saturated carbocycles. The number of rotatable bonds is 3. The van der Waals surface area contributed by atoms with E-state index in [9.17, 15) is 19.7 Å². The van der Waals surface area contributed by atoms with Crippen LogP contribution in [0.2, 0.25) is 0 Å². The molecule has 1 aromatic carbocycles. The van der Waals surface area contributed by atoms with E-state index >= 15 is 0 Å². The van der Waals surface area contributed by atoms with Gasteiger partial charge in [-0.3, -0.25) is 19.7 Å². The lowest BCUT2D eigenvalue weighted by molar-refractivity contribution is -0.385. The van der Waals surface area contributed by atoms with Gasteiger partial charge in [0, 0.05) is 0 Å². The van der Waals surface area contributed by atoms with Crippen LogP contribution in [-0.2, 0) is 0 Å². The standard InChI is InChI=1S/C9H3ClN2O4/c10-9(14)7-2-5(3-11)1-6(4-13)8(7)12(15)16/h1-2,4H. The number of hydrogen-bond donors (Lipinski definition) is 0. The first-order valence-corrected chi connectivity index (χ1v) is 4.26. The first-order chi connectivity index (χ1) is 7.51. The zero-order valence-electron chi connectivity index (χ0n) is 7.64. The minimum atomic E-state index is -1.09. The summed E-state index contributed by atoms with van der Waals surface area (Å²) in [5.41, 5.74) is -1.55. The molecule has 0 aliphatic rings.